The average molecular weight is 230 g/mol. The third kappa shape index (κ3) is 4.47. The summed E-state index contributed by atoms with van der Waals surface area (Å²) in [7, 11) is 1.62. The summed E-state index contributed by atoms with van der Waals surface area (Å²) in [4.78, 5) is 13.7. The Morgan fingerprint density at radius 3 is 3.00 bits per heavy atom. The number of morpholine rings is 1. The van der Waals surface area contributed by atoms with Crippen molar-refractivity contribution in [1.29, 1.82) is 0 Å². The molecule has 5 nitrogen and oxygen atoms in total. The van der Waals surface area contributed by atoms with Crippen LogP contribution in [0, 0.1) is 0 Å². The lowest BCUT2D eigenvalue weighted by molar-refractivity contribution is -0.126. The van der Waals surface area contributed by atoms with Gasteiger partial charge in [0.1, 0.15) is 0 Å². The Labute approximate surface area is 97.1 Å². The van der Waals surface area contributed by atoms with Crippen molar-refractivity contribution in [2.24, 2.45) is 0 Å². The minimum Gasteiger partial charge on any atom is -0.383 e. The molecule has 94 valence electrons. The van der Waals surface area contributed by atoms with Crippen LogP contribution in [0.15, 0.2) is 0 Å². The molecular formula is C11H22N2O3. The molecule has 1 N–H and O–H groups in total. The van der Waals surface area contributed by atoms with E-state index in [-0.39, 0.29) is 12.0 Å². The third-order valence-corrected chi connectivity index (χ3v) is 2.71. The van der Waals surface area contributed by atoms with Crippen LogP contribution in [0.2, 0.25) is 0 Å². The van der Waals surface area contributed by atoms with Crippen molar-refractivity contribution in [3.63, 3.8) is 0 Å². The van der Waals surface area contributed by atoms with E-state index in [1.807, 2.05) is 6.92 Å². The number of ether oxygens (including phenoxy) is 2. The Morgan fingerprint density at radius 1 is 1.56 bits per heavy atom. The van der Waals surface area contributed by atoms with E-state index >= 15 is 0 Å². The van der Waals surface area contributed by atoms with Gasteiger partial charge in [0, 0.05) is 26.2 Å². The lowest BCUT2D eigenvalue weighted by atomic mass is 10.2. The summed E-state index contributed by atoms with van der Waals surface area (Å²) in [5.41, 5.74) is 0. The SMILES string of the molecule is COCCNC(=O)CN1C[C@@H](C)OC[C@H]1C. The first-order valence-corrected chi connectivity index (χ1v) is 5.74. The number of amides is 1. The number of nitrogens with one attached hydrogen (secondary N) is 1. The van der Waals surface area contributed by atoms with Crippen LogP contribution < -0.4 is 5.32 Å². The van der Waals surface area contributed by atoms with Crippen molar-refractivity contribution >= 4 is 5.91 Å². The molecule has 0 radical (unpaired) electrons. The first kappa shape index (κ1) is 13.4. The largest absolute Gasteiger partial charge is 0.383 e. The number of carbonyl (C=O) groups excluding carboxylic acids is 1. The van der Waals surface area contributed by atoms with E-state index < -0.39 is 0 Å². The van der Waals surface area contributed by atoms with Gasteiger partial charge in [0.15, 0.2) is 0 Å². The second-order valence-corrected chi connectivity index (χ2v) is 4.27. The van der Waals surface area contributed by atoms with Gasteiger partial charge in [-0.1, -0.05) is 0 Å². The maximum atomic E-state index is 11.6. The smallest absolute Gasteiger partial charge is 0.234 e. The lowest BCUT2D eigenvalue weighted by Crippen LogP contribution is -2.51. The number of hydrogen-bond acceptors (Lipinski definition) is 4. The minimum atomic E-state index is 0.0537. The fraction of sp³-hybridized carbons (Fsp3) is 0.909. The molecule has 1 amide bonds. The monoisotopic (exact) mass is 230 g/mol. The van der Waals surface area contributed by atoms with Crippen LogP contribution in [-0.2, 0) is 14.3 Å². The molecule has 1 aliphatic heterocycles. The molecule has 0 unspecified atom stereocenters. The highest BCUT2D eigenvalue weighted by Gasteiger charge is 2.24. The van der Waals surface area contributed by atoms with Crippen LogP contribution in [0.1, 0.15) is 13.8 Å². The molecule has 1 rings (SSSR count). The quantitative estimate of drug-likeness (QED) is 0.668. The van der Waals surface area contributed by atoms with Gasteiger partial charge in [-0.3, -0.25) is 9.69 Å². The van der Waals surface area contributed by atoms with Crippen LogP contribution >= 0.6 is 0 Å². The molecule has 0 aromatic rings. The highest BCUT2D eigenvalue weighted by Crippen LogP contribution is 2.10. The molecule has 1 saturated heterocycles. The highest BCUT2D eigenvalue weighted by molar-refractivity contribution is 5.78. The molecule has 1 heterocycles. The van der Waals surface area contributed by atoms with Gasteiger partial charge >= 0.3 is 0 Å². The molecule has 0 aromatic heterocycles. The van der Waals surface area contributed by atoms with E-state index in [9.17, 15) is 4.79 Å². The van der Waals surface area contributed by atoms with E-state index in [1.54, 1.807) is 7.11 Å². The number of nitrogens with zero attached hydrogens (tertiary/aromatic N) is 1. The molecule has 0 spiro atoms. The van der Waals surface area contributed by atoms with Crippen LogP contribution in [0.4, 0.5) is 0 Å². The Morgan fingerprint density at radius 2 is 2.31 bits per heavy atom. The molecular weight excluding hydrogens is 208 g/mol. The van der Waals surface area contributed by atoms with E-state index in [0.717, 1.165) is 6.54 Å². The third-order valence-electron chi connectivity index (χ3n) is 2.71. The zero-order valence-corrected chi connectivity index (χ0v) is 10.4. The predicted molar refractivity (Wildman–Crippen MR) is 61.3 cm³/mol. The fourth-order valence-electron chi connectivity index (χ4n) is 1.73. The summed E-state index contributed by atoms with van der Waals surface area (Å²) in [5, 5.41) is 2.82. The summed E-state index contributed by atoms with van der Waals surface area (Å²) < 4.78 is 10.4. The van der Waals surface area contributed by atoms with Gasteiger partial charge in [-0.05, 0) is 13.8 Å². The summed E-state index contributed by atoms with van der Waals surface area (Å²) in [5.74, 6) is 0.0537. The van der Waals surface area contributed by atoms with Gasteiger partial charge in [0.2, 0.25) is 5.91 Å². The molecule has 5 heteroatoms. The van der Waals surface area contributed by atoms with Gasteiger partial charge < -0.3 is 14.8 Å². The van der Waals surface area contributed by atoms with Gasteiger partial charge in [0.25, 0.3) is 0 Å². The van der Waals surface area contributed by atoms with Crippen molar-refractivity contribution in [3.8, 4) is 0 Å². The highest BCUT2D eigenvalue weighted by atomic mass is 16.5. The molecule has 1 aliphatic rings. The number of methoxy groups -OCH3 is 1. The summed E-state index contributed by atoms with van der Waals surface area (Å²) in [6.07, 6.45) is 0.211. The summed E-state index contributed by atoms with van der Waals surface area (Å²) >= 11 is 0. The zero-order valence-electron chi connectivity index (χ0n) is 10.4. The molecule has 0 aromatic carbocycles. The second-order valence-electron chi connectivity index (χ2n) is 4.27. The van der Waals surface area contributed by atoms with Crippen LogP contribution in [-0.4, -0.2) is 62.9 Å². The molecule has 0 saturated carbocycles. The van der Waals surface area contributed by atoms with E-state index in [0.29, 0.717) is 32.3 Å². The topological polar surface area (TPSA) is 50.8 Å². The molecule has 0 bridgehead atoms. The first-order valence-electron chi connectivity index (χ1n) is 5.74. The number of hydrogen-bond donors (Lipinski definition) is 1. The maximum absolute atomic E-state index is 11.6. The number of carbonyl (C=O) groups is 1. The standard InChI is InChI=1S/C11H22N2O3/c1-9-8-16-10(2)6-13(9)7-11(14)12-4-5-15-3/h9-10H,4-8H2,1-3H3,(H,12,14)/t9-,10-/m1/s1. The van der Waals surface area contributed by atoms with E-state index in [1.165, 1.54) is 0 Å². The molecule has 0 aliphatic carbocycles. The first-order chi connectivity index (χ1) is 7.63. The van der Waals surface area contributed by atoms with E-state index in [2.05, 4.69) is 17.1 Å². The summed E-state index contributed by atoms with van der Waals surface area (Å²) in [6.45, 7) is 7.20. The molecule has 16 heavy (non-hydrogen) atoms. The molecule has 1 fully saturated rings. The zero-order chi connectivity index (χ0) is 12.0. The van der Waals surface area contributed by atoms with Crippen molar-refractivity contribution in [1.82, 2.24) is 10.2 Å². The van der Waals surface area contributed by atoms with Crippen molar-refractivity contribution in [3.05, 3.63) is 0 Å². The van der Waals surface area contributed by atoms with Crippen LogP contribution in [0.5, 0.6) is 0 Å². The Bertz CT molecular complexity index is 223. The van der Waals surface area contributed by atoms with Gasteiger partial charge in [-0.25, -0.2) is 0 Å². The molecule has 2 atom stereocenters. The fourth-order valence-corrected chi connectivity index (χ4v) is 1.73. The predicted octanol–water partition coefficient (Wildman–Crippen LogP) is -0.142. The Balaban J connectivity index is 2.25. The minimum absolute atomic E-state index is 0.0537. The van der Waals surface area contributed by atoms with Crippen molar-refractivity contribution in [2.75, 3.05) is 40.0 Å². The van der Waals surface area contributed by atoms with Crippen molar-refractivity contribution < 1.29 is 14.3 Å². The Hall–Kier alpha value is -0.650. The average Bonchev–Trinajstić information content (AvgIpc) is 2.24. The normalized spacial score (nSPS) is 26.7. The lowest BCUT2D eigenvalue weighted by Gasteiger charge is -2.36. The van der Waals surface area contributed by atoms with Gasteiger partial charge in [0.05, 0.1) is 25.9 Å². The van der Waals surface area contributed by atoms with Crippen LogP contribution in [0.25, 0.3) is 0 Å². The van der Waals surface area contributed by atoms with E-state index in [4.69, 9.17) is 9.47 Å². The van der Waals surface area contributed by atoms with Crippen molar-refractivity contribution in [2.45, 2.75) is 26.0 Å². The number of rotatable bonds is 5. The second kappa shape index (κ2) is 6.83. The van der Waals surface area contributed by atoms with Gasteiger partial charge in [-0.15, -0.1) is 0 Å². The van der Waals surface area contributed by atoms with Crippen LogP contribution in [0.3, 0.4) is 0 Å². The van der Waals surface area contributed by atoms with Gasteiger partial charge in [-0.2, -0.15) is 0 Å². The summed E-state index contributed by atoms with van der Waals surface area (Å²) in [6, 6.07) is 0.310. The Kier molecular flexibility index (Phi) is 5.73. The maximum Gasteiger partial charge on any atom is 0.234 e.